The van der Waals surface area contributed by atoms with Crippen LogP contribution in [0.25, 0.3) is 0 Å². The summed E-state index contributed by atoms with van der Waals surface area (Å²) in [6, 6.07) is 6.51. The zero-order chi connectivity index (χ0) is 22.0. The zero-order valence-corrected chi connectivity index (χ0v) is 19.0. The first-order valence-corrected chi connectivity index (χ1v) is 10.3. The molecule has 0 radical (unpaired) electrons. The maximum atomic E-state index is 13.0. The van der Waals surface area contributed by atoms with E-state index in [1.807, 2.05) is 27.7 Å². The van der Waals surface area contributed by atoms with Crippen LogP contribution in [-0.4, -0.2) is 17.0 Å². The number of esters is 1. The highest BCUT2D eigenvalue weighted by molar-refractivity contribution is 6.42. The molecule has 0 bridgehead atoms. The summed E-state index contributed by atoms with van der Waals surface area (Å²) in [5.41, 5.74) is 2.60. The largest absolute Gasteiger partial charge is 0.478 e. The molecular weight excluding hydrogens is 411 g/mol. The van der Waals surface area contributed by atoms with E-state index in [4.69, 9.17) is 27.9 Å². The normalized spacial score (nSPS) is 11.4. The summed E-state index contributed by atoms with van der Waals surface area (Å²) in [6.07, 6.45) is 0. The number of rotatable bonds is 6. The lowest BCUT2D eigenvalue weighted by Crippen LogP contribution is -2.17. The van der Waals surface area contributed by atoms with Crippen LogP contribution in [0.3, 0.4) is 0 Å². The molecule has 0 atom stereocenters. The summed E-state index contributed by atoms with van der Waals surface area (Å²) >= 11 is 12.0. The van der Waals surface area contributed by atoms with Crippen LogP contribution < -0.4 is 4.74 Å². The summed E-state index contributed by atoms with van der Waals surface area (Å²) < 4.78 is 5.80. The van der Waals surface area contributed by atoms with Crippen molar-refractivity contribution >= 4 is 35.1 Å². The van der Waals surface area contributed by atoms with Gasteiger partial charge in [-0.1, -0.05) is 76.9 Å². The molecule has 0 amide bonds. The van der Waals surface area contributed by atoms with Crippen molar-refractivity contribution in [3.8, 4) is 5.75 Å². The summed E-state index contributed by atoms with van der Waals surface area (Å²) in [4.78, 5) is 24.6. The lowest BCUT2D eigenvalue weighted by molar-refractivity contribution is 0.0666. The molecule has 0 aliphatic heterocycles. The Morgan fingerprint density at radius 2 is 1.24 bits per heavy atom. The molecule has 0 heterocycles. The number of halogens is 2. The smallest absolute Gasteiger partial charge is 0.344 e. The van der Waals surface area contributed by atoms with Gasteiger partial charge < -0.3 is 9.84 Å². The average Bonchev–Trinajstić information content (AvgIpc) is 2.62. The fraction of sp³-hybridized carbons (Fsp3) is 0.391. The number of hydrogen-bond donors (Lipinski definition) is 1. The van der Waals surface area contributed by atoms with Gasteiger partial charge in [0.1, 0.15) is 5.75 Å². The summed E-state index contributed by atoms with van der Waals surface area (Å²) in [7, 11) is 0. The molecule has 1 N–H and O–H groups in total. The van der Waals surface area contributed by atoms with E-state index >= 15 is 0 Å². The Balaban J connectivity index is 2.63. The summed E-state index contributed by atoms with van der Waals surface area (Å²) in [5.74, 6) is -1.03. The van der Waals surface area contributed by atoms with E-state index in [1.54, 1.807) is 0 Å². The molecule has 0 aromatic heterocycles. The predicted octanol–water partition coefficient (Wildman–Crippen LogP) is 7.28. The molecule has 29 heavy (non-hydrogen) atoms. The molecule has 0 spiro atoms. The van der Waals surface area contributed by atoms with E-state index in [9.17, 15) is 14.7 Å². The number of carbonyl (C=O) groups excluding carboxylic acids is 1. The Kier molecular flexibility index (Phi) is 7.36. The molecule has 0 aliphatic rings. The Hall–Kier alpha value is -2.04. The second-order valence-corrected chi connectivity index (χ2v) is 8.81. The molecule has 6 heteroatoms. The van der Waals surface area contributed by atoms with Crippen LogP contribution in [-0.2, 0) is 0 Å². The Morgan fingerprint density at radius 3 is 1.62 bits per heavy atom. The molecule has 2 aromatic rings. The Morgan fingerprint density at radius 1 is 0.793 bits per heavy atom. The minimum Gasteiger partial charge on any atom is -0.478 e. The third-order valence-electron chi connectivity index (χ3n) is 4.78. The van der Waals surface area contributed by atoms with Crippen LogP contribution in [0.1, 0.15) is 96.7 Å². The molecule has 156 valence electrons. The van der Waals surface area contributed by atoms with Gasteiger partial charge in [-0.25, -0.2) is 9.59 Å². The number of aromatic carboxylic acids is 1. The third-order valence-corrected chi connectivity index (χ3v) is 5.51. The van der Waals surface area contributed by atoms with Crippen LogP contribution in [0.2, 0.25) is 10.0 Å². The molecule has 0 fully saturated rings. The van der Waals surface area contributed by atoms with Crippen molar-refractivity contribution in [2.75, 3.05) is 0 Å². The van der Waals surface area contributed by atoms with E-state index in [0.717, 1.165) is 22.8 Å². The first-order valence-electron chi connectivity index (χ1n) is 9.56. The monoisotopic (exact) mass is 436 g/mol. The van der Waals surface area contributed by atoms with Crippen LogP contribution in [0, 0.1) is 0 Å². The van der Waals surface area contributed by atoms with Gasteiger partial charge in [-0.2, -0.15) is 0 Å². The SMILES string of the molecule is CC(C)c1cc(C(C)C)c(OC(=O)c2cc(Cl)c(Cl)cc2C(=O)O)c(C(C)C)c1. The number of benzene rings is 2. The highest BCUT2D eigenvalue weighted by Crippen LogP contribution is 2.38. The van der Waals surface area contributed by atoms with Crippen LogP contribution >= 0.6 is 23.2 Å². The average molecular weight is 437 g/mol. The van der Waals surface area contributed by atoms with E-state index in [1.165, 1.54) is 6.07 Å². The van der Waals surface area contributed by atoms with Crippen molar-refractivity contribution in [1.29, 1.82) is 0 Å². The van der Waals surface area contributed by atoms with Gasteiger partial charge in [-0.05, 0) is 46.6 Å². The maximum absolute atomic E-state index is 13.0. The van der Waals surface area contributed by atoms with E-state index in [2.05, 4.69) is 26.0 Å². The quantitative estimate of drug-likeness (QED) is 0.381. The van der Waals surface area contributed by atoms with Crippen molar-refractivity contribution in [2.45, 2.75) is 59.3 Å². The lowest BCUT2D eigenvalue weighted by Gasteiger charge is -2.22. The van der Waals surface area contributed by atoms with Gasteiger partial charge in [-0.3, -0.25) is 0 Å². The lowest BCUT2D eigenvalue weighted by atomic mass is 9.88. The Bertz CT molecular complexity index is 917. The van der Waals surface area contributed by atoms with Crippen molar-refractivity contribution in [3.63, 3.8) is 0 Å². The first kappa shape index (κ1) is 23.2. The number of ether oxygens (including phenoxy) is 1. The molecule has 2 rings (SSSR count). The molecule has 0 saturated carbocycles. The van der Waals surface area contributed by atoms with Crippen LogP contribution in [0.5, 0.6) is 5.75 Å². The van der Waals surface area contributed by atoms with Gasteiger partial charge in [-0.15, -0.1) is 0 Å². The number of hydrogen-bond acceptors (Lipinski definition) is 3. The highest BCUT2D eigenvalue weighted by Gasteiger charge is 2.25. The van der Waals surface area contributed by atoms with Gasteiger partial charge in [0, 0.05) is 0 Å². The van der Waals surface area contributed by atoms with E-state index in [0.29, 0.717) is 11.7 Å². The van der Waals surface area contributed by atoms with Crippen LogP contribution in [0.15, 0.2) is 24.3 Å². The zero-order valence-electron chi connectivity index (χ0n) is 17.5. The number of carboxylic acids is 1. The molecule has 2 aromatic carbocycles. The maximum Gasteiger partial charge on any atom is 0.344 e. The van der Waals surface area contributed by atoms with Crippen molar-refractivity contribution in [1.82, 2.24) is 0 Å². The predicted molar refractivity (Wildman–Crippen MR) is 117 cm³/mol. The second-order valence-electron chi connectivity index (χ2n) is 8.00. The third kappa shape index (κ3) is 5.12. The second kappa shape index (κ2) is 9.19. The fourth-order valence-electron chi connectivity index (χ4n) is 3.05. The minimum atomic E-state index is -1.28. The van der Waals surface area contributed by atoms with Gasteiger partial charge in [0.2, 0.25) is 0 Å². The van der Waals surface area contributed by atoms with Crippen molar-refractivity contribution in [3.05, 3.63) is 62.1 Å². The van der Waals surface area contributed by atoms with E-state index in [-0.39, 0.29) is 33.0 Å². The Labute approximate surface area is 181 Å². The van der Waals surface area contributed by atoms with Crippen molar-refractivity contribution < 1.29 is 19.4 Å². The minimum absolute atomic E-state index is 0.0626. The summed E-state index contributed by atoms with van der Waals surface area (Å²) in [6.45, 7) is 12.4. The fourth-order valence-corrected chi connectivity index (χ4v) is 3.38. The van der Waals surface area contributed by atoms with Gasteiger partial charge in [0.25, 0.3) is 0 Å². The molecule has 4 nitrogen and oxygen atoms in total. The number of carboxylic acid groups (broad SMARTS) is 1. The highest BCUT2D eigenvalue weighted by atomic mass is 35.5. The topological polar surface area (TPSA) is 63.6 Å². The standard InChI is InChI=1S/C23H26Cl2O4/c1-11(2)14-7-15(12(3)4)21(16(8-14)13(5)6)29-23(28)18-10-20(25)19(24)9-17(18)22(26)27/h7-13H,1-6H3,(H,26,27). The van der Waals surface area contributed by atoms with Gasteiger partial charge in [0.05, 0.1) is 21.2 Å². The molecule has 0 unspecified atom stereocenters. The molecular formula is C23H26Cl2O4. The van der Waals surface area contributed by atoms with Crippen molar-refractivity contribution in [2.24, 2.45) is 0 Å². The van der Waals surface area contributed by atoms with E-state index < -0.39 is 11.9 Å². The summed E-state index contributed by atoms with van der Waals surface area (Å²) in [5, 5.41) is 9.62. The molecule has 0 aliphatic carbocycles. The number of carbonyl (C=O) groups is 2. The molecule has 0 saturated heterocycles. The first-order chi connectivity index (χ1) is 13.4. The van der Waals surface area contributed by atoms with Crippen LogP contribution in [0.4, 0.5) is 0 Å². The van der Waals surface area contributed by atoms with Gasteiger partial charge >= 0.3 is 11.9 Å². The van der Waals surface area contributed by atoms with Gasteiger partial charge in [0.15, 0.2) is 0 Å².